The Morgan fingerprint density at radius 2 is 1.71 bits per heavy atom. The Labute approximate surface area is 227 Å². The second-order valence-corrected chi connectivity index (χ2v) is 10.5. The maximum Gasteiger partial charge on any atom is 0.258 e. The number of unbranched alkanes of at least 4 members (excludes halogenated alkanes) is 1. The van der Waals surface area contributed by atoms with Gasteiger partial charge in [0.05, 0.1) is 18.7 Å². The zero-order chi connectivity index (χ0) is 27.5. The summed E-state index contributed by atoms with van der Waals surface area (Å²) in [7, 11) is 5.24. The molecule has 0 bridgehead atoms. The summed E-state index contributed by atoms with van der Waals surface area (Å²) in [6, 6.07) is 6.60. The molecule has 3 rings (SSSR count). The van der Waals surface area contributed by atoms with Gasteiger partial charge in [-0.1, -0.05) is 18.6 Å². The maximum absolute atomic E-state index is 13.5. The maximum atomic E-state index is 13.5. The zero-order valence-electron chi connectivity index (χ0n) is 23.3. The standard InChI is InChI=1S/C29H44N4O5/c1-30(27(35)22-33-20-11-4-6-17-26(33)34)18-12-9-15-24-29(37)31(2)19-10-5-13-21-38-25-16-8-7-14-23(25)28(36)32(24)3/h7-8,14,16,24H,4-6,9-13,15,17-22H2,1-3H3/t24-/m0/s1. The molecule has 9 nitrogen and oxygen atoms in total. The molecule has 210 valence electrons. The Morgan fingerprint density at radius 1 is 0.974 bits per heavy atom. The largest absolute Gasteiger partial charge is 0.493 e. The van der Waals surface area contributed by atoms with Crippen molar-refractivity contribution in [2.45, 2.75) is 70.3 Å². The number of nitrogens with zero attached hydrogens (tertiary/aromatic N) is 4. The Balaban J connectivity index is 1.60. The van der Waals surface area contributed by atoms with Crippen molar-refractivity contribution in [2.75, 3.05) is 53.9 Å². The first kappa shape index (κ1) is 29.5. The fraction of sp³-hybridized carbons (Fsp3) is 0.655. The quantitative estimate of drug-likeness (QED) is 0.507. The highest BCUT2D eigenvalue weighted by molar-refractivity contribution is 5.99. The third-order valence-corrected chi connectivity index (χ3v) is 7.61. The first-order chi connectivity index (χ1) is 18.3. The van der Waals surface area contributed by atoms with Gasteiger partial charge >= 0.3 is 0 Å². The van der Waals surface area contributed by atoms with Gasteiger partial charge in [0.2, 0.25) is 17.7 Å². The molecular weight excluding hydrogens is 484 g/mol. The predicted molar refractivity (Wildman–Crippen MR) is 146 cm³/mol. The molecule has 0 aliphatic carbocycles. The van der Waals surface area contributed by atoms with Crippen LogP contribution in [0.5, 0.6) is 5.75 Å². The molecule has 1 atom stereocenters. The van der Waals surface area contributed by atoms with Crippen molar-refractivity contribution >= 4 is 23.6 Å². The number of carbonyl (C=O) groups excluding carboxylic acids is 4. The minimum atomic E-state index is -0.600. The van der Waals surface area contributed by atoms with E-state index in [2.05, 4.69) is 0 Å². The number of hydrogen-bond donors (Lipinski definition) is 0. The molecule has 1 saturated heterocycles. The van der Waals surface area contributed by atoms with Gasteiger partial charge in [0.25, 0.3) is 5.91 Å². The van der Waals surface area contributed by atoms with Crippen LogP contribution in [0.2, 0.25) is 0 Å². The van der Waals surface area contributed by atoms with Crippen LogP contribution in [0.4, 0.5) is 0 Å². The summed E-state index contributed by atoms with van der Waals surface area (Å²) in [4.78, 5) is 58.5. The van der Waals surface area contributed by atoms with Gasteiger partial charge in [0, 0.05) is 47.2 Å². The van der Waals surface area contributed by atoms with Crippen LogP contribution < -0.4 is 4.74 Å². The summed E-state index contributed by atoms with van der Waals surface area (Å²) in [5.41, 5.74) is 0.461. The Bertz CT molecular complexity index is 968. The van der Waals surface area contributed by atoms with Crippen LogP contribution in [0.1, 0.15) is 74.6 Å². The average Bonchev–Trinajstić information content (AvgIpc) is 3.12. The minimum Gasteiger partial charge on any atom is -0.493 e. The second kappa shape index (κ2) is 14.7. The van der Waals surface area contributed by atoms with Crippen molar-refractivity contribution in [1.29, 1.82) is 0 Å². The number of likely N-dealkylation sites (N-methyl/N-ethyl adjacent to an activating group) is 3. The Hall–Kier alpha value is -3.10. The Morgan fingerprint density at radius 3 is 2.53 bits per heavy atom. The molecule has 0 spiro atoms. The molecule has 2 heterocycles. The summed E-state index contributed by atoms with van der Waals surface area (Å²) in [5.74, 6) is 0.238. The third-order valence-electron chi connectivity index (χ3n) is 7.61. The van der Waals surface area contributed by atoms with E-state index in [9.17, 15) is 19.2 Å². The highest BCUT2D eigenvalue weighted by Gasteiger charge is 2.31. The minimum absolute atomic E-state index is 0.0600. The highest BCUT2D eigenvalue weighted by atomic mass is 16.5. The lowest BCUT2D eigenvalue weighted by atomic mass is 10.0. The molecule has 38 heavy (non-hydrogen) atoms. The van der Waals surface area contributed by atoms with Crippen LogP contribution in [0.25, 0.3) is 0 Å². The topological polar surface area (TPSA) is 90.5 Å². The molecule has 0 aromatic heterocycles. The van der Waals surface area contributed by atoms with Crippen LogP contribution >= 0.6 is 0 Å². The Kier molecular flexibility index (Phi) is 11.4. The van der Waals surface area contributed by atoms with E-state index in [1.807, 2.05) is 6.07 Å². The van der Waals surface area contributed by atoms with E-state index in [1.165, 1.54) is 0 Å². The number of para-hydroxylation sites is 1. The second-order valence-electron chi connectivity index (χ2n) is 10.5. The van der Waals surface area contributed by atoms with Crippen LogP contribution in [0.3, 0.4) is 0 Å². The van der Waals surface area contributed by atoms with Crippen molar-refractivity contribution in [3.8, 4) is 5.75 Å². The van der Waals surface area contributed by atoms with E-state index < -0.39 is 6.04 Å². The SMILES string of the molecule is CN(CCCC[C@H]1C(=O)N(C)CCCCCOc2ccccc2C(=O)N1C)C(=O)CN1CCCCCC1=O. The summed E-state index contributed by atoms with van der Waals surface area (Å²) in [6.45, 7) is 2.47. The van der Waals surface area contributed by atoms with Crippen molar-refractivity contribution < 1.29 is 23.9 Å². The number of hydrogen-bond acceptors (Lipinski definition) is 5. The lowest BCUT2D eigenvalue weighted by Gasteiger charge is -2.31. The van der Waals surface area contributed by atoms with Gasteiger partial charge in [-0.2, -0.15) is 0 Å². The highest BCUT2D eigenvalue weighted by Crippen LogP contribution is 2.23. The third kappa shape index (κ3) is 8.20. The van der Waals surface area contributed by atoms with E-state index in [0.717, 1.165) is 38.5 Å². The average molecular weight is 529 g/mol. The number of fused-ring (bicyclic) bond motifs is 1. The number of ether oxygens (including phenoxy) is 1. The van der Waals surface area contributed by atoms with Gasteiger partial charge in [-0.25, -0.2) is 0 Å². The molecule has 1 aromatic carbocycles. The van der Waals surface area contributed by atoms with Crippen molar-refractivity contribution in [3.05, 3.63) is 29.8 Å². The first-order valence-corrected chi connectivity index (χ1v) is 14.0. The molecule has 0 N–H and O–H groups in total. The van der Waals surface area contributed by atoms with E-state index in [1.54, 1.807) is 58.9 Å². The number of rotatable bonds is 7. The number of likely N-dealkylation sites (tertiary alicyclic amines) is 1. The molecule has 0 unspecified atom stereocenters. The molecule has 9 heteroatoms. The van der Waals surface area contributed by atoms with Crippen molar-refractivity contribution in [2.24, 2.45) is 0 Å². The molecule has 0 saturated carbocycles. The van der Waals surface area contributed by atoms with Crippen LogP contribution in [0, 0.1) is 0 Å². The predicted octanol–water partition coefficient (Wildman–Crippen LogP) is 3.18. The van der Waals surface area contributed by atoms with E-state index in [4.69, 9.17) is 4.74 Å². The van der Waals surface area contributed by atoms with Gasteiger partial charge in [0.15, 0.2) is 0 Å². The summed E-state index contributed by atoms with van der Waals surface area (Å²) in [6.07, 6.45) is 7.94. The smallest absolute Gasteiger partial charge is 0.258 e. The lowest BCUT2D eigenvalue weighted by Crippen LogP contribution is -2.48. The van der Waals surface area contributed by atoms with Gasteiger partial charge in [-0.05, 0) is 63.5 Å². The monoisotopic (exact) mass is 528 g/mol. The molecule has 1 fully saturated rings. The molecule has 2 aliphatic heterocycles. The summed E-state index contributed by atoms with van der Waals surface area (Å²) >= 11 is 0. The number of amides is 4. The van der Waals surface area contributed by atoms with Crippen LogP contribution in [-0.4, -0.2) is 103 Å². The summed E-state index contributed by atoms with van der Waals surface area (Å²) < 4.78 is 5.92. The summed E-state index contributed by atoms with van der Waals surface area (Å²) in [5, 5.41) is 0. The van der Waals surface area contributed by atoms with E-state index in [-0.39, 0.29) is 30.2 Å². The van der Waals surface area contributed by atoms with Gasteiger partial charge in [0.1, 0.15) is 11.8 Å². The molecule has 0 radical (unpaired) electrons. The molecule has 2 aliphatic rings. The molecule has 1 aromatic rings. The fourth-order valence-corrected chi connectivity index (χ4v) is 5.06. The first-order valence-electron chi connectivity index (χ1n) is 14.0. The zero-order valence-corrected chi connectivity index (χ0v) is 23.3. The van der Waals surface area contributed by atoms with Crippen molar-refractivity contribution in [1.82, 2.24) is 19.6 Å². The fourth-order valence-electron chi connectivity index (χ4n) is 5.06. The van der Waals surface area contributed by atoms with Crippen LogP contribution in [0.15, 0.2) is 24.3 Å². The van der Waals surface area contributed by atoms with E-state index >= 15 is 0 Å². The van der Waals surface area contributed by atoms with E-state index in [0.29, 0.717) is 63.2 Å². The van der Waals surface area contributed by atoms with Gasteiger partial charge < -0.3 is 24.3 Å². The number of carbonyl (C=O) groups is 4. The van der Waals surface area contributed by atoms with Crippen molar-refractivity contribution in [3.63, 3.8) is 0 Å². The van der Waals surface area contributed by atoms with Gasteiger partial charge in [-0.3, -0.25) is 19.2 Å². The number of benzene rings is 1. The van der Waals surface area contributed by atoms with Gasteiger partial charge in [-0.15, -0.1) is 0 Å². The lowest BCUT2D eigenvalue weighted by molar-refractivity contribution is -0.139. The molecular formula is C29H44N4O5. The molecule has 4 amide bonds. The normalized spacial score (nSPS) is 20.0. The van der Waals surface area contributed by atoms with Crippen LogP contribution in [-0.2, 0) is 14.4 Å².